The highest BCUT2D eigenvalue weighted by Gasteiger charge is 2.37. The number of rotatable bonds is 19. The molecule has 1 aromatic heterocycles. The molecule has 8 N–H and O–H groups in total. The Bertz CT molecular complexity index is 3860. The summed E-state index contributed by atoms with van der Waals surface area (Å²) in [5.74, 6) is -2.93. The molecule has 74 heavy (non-hydrogen) atoms. The molecule has 4 aromatic carbocycles. The first-order chi connectivity index (χ1) is 34.4. The van der Waals surface area contributed by atoms with E-state index in [0.717, 1.165) is 18.2 Å². The van der Waals surface area contributed by atoms with Gasteiger partial charge in [0.1, 0.15) is 9.81 Å². The molecule has 0 fully saturated rings. The molecule has 28 nitrogen and oxygen atoms in total. The number of anilines is 6. The van der Waals surface area contributed by atoms with E-state index in [2.05, 4.69) is 49.7 Å². The fourth-order valence-electron chi connectivity index (χ4n) is 6.87. The lowest BCUT2D eigenvalue weighted by atomic mass is 9.93. The van der Waals surface area contributed by atoms with Crippen molar-refractivity contribution in [2.75, 3.05) is 41.3 Å². The van der Waals surface area contributed by atoms with Crippen molar-refractivity contribution in [3.05, 3.63) is 127 Å². The number of aromatic nitrogens is 3. The highest BCUT2D eigenvalue weighted by atomic mass is 35.5. The van der Waals surface area contributed by atoms with Gasteiger partial charge in [0.15, 0.2) is 11.4 Å². The quantitative estimate of drug-likeness (QED) is 0.0430. The van der Waals surface area contributed by atoms with Gasteiger partial charge in [0.2, 0.25) is 28.7 Å². The fraction of sp³-hybridized carbons (Fsp3) is 0.125. The Hall–Kier alpha value is -6.99. The van der Waals surface area contributed by atoms with Crippen LogP contribution in [0.1, 0.15) is 43.0 Å². The van der Waals surface area contributed by atoms with E-state index in [9.17, 15) is 65.3 Å². The van der Waals surface area contributed by atoms with Crippen LogP contribution in [0.25, 0.3) is 12.2 Å². The molecule has 7 rings (SSSR count). The molecule has 2 aliphatic rings. The Morgan fingerprint density at radius 3 is 1.59 bits per heavy atom. The number of carbonyl (C=O) groups is 2. The molecule has 0 amide bonds. The van der Waals surface area contributed by atoms with Gasteiger partial charge in [0, 0.05) is 18.3 Å². The van der Waals surface area contributed by atoms with Crippen LogP contribution in [-0.2, 0) is 72.4 Å². The van der Waals surface area contributed by atoms with Crippen molar-refractivity contribution in [3.63, 3.8) is 0 Å². The molecule has 0 saturated heterocycles. The van der Waals surface area contributed by atoms with E-state index in [4.69, 9.17) is 20.7 Å². The lowest BCUT2D eigenvalue weighted by Crippen LogP contribution is -2.28. The number of benzene rings is 4. The molecule has 0 radical (unpaired) electrons. The molecular formula is C40H34ClN9O19S5. The molecule has 0 unspecified atom stereocenters. The highest BCUT2D eigenvalue weighted by molar-refractivity contribution is 7.91. The first-order valence-corrected chi connectivity index (χ1v) is 27.7. The molecule has 1 heterocycles. The van der Waals surface area contributed by atoms with Gasteiger partial charge in [-0.3, -0.25) is 43.2 Å². The molecule has 0 spiro atoms. The highest BCUT2D eigenvalue weighted by Crippen LogP contribution is 2.36. The number of ketones is 2. The molecule has 0 saturated carbocycles. The van der Waals surface area contributed by atoms with Crippen molar-refractivity contribution in [1.29, 1.82) is 0 Å². The van der Waals surface area contributed by atoms with Gasteiger partial charge in [-0.25, -0.2) is 8.37 Å². The maximum absolute atomic E-state index is 14.2. The topological polar surface area (TPSA) is 427 Å². The summed E-state index contributed by atoms with van der Waals surface area (Å²) in [6.07, 6.45) is 1.79. The first kappa shape index (κ1) is 54.8. The maximum Gasteiger partial charge on any atom is 0.397 e. The third-order valence-electron chi connectivity index (χ3n) is 10.3. The molecule has 0 aliphatic heterocycles. The number of halogens is 1. The number of nitrogens with zero attached hydrogens (tertiary/aromatic N) is 6. The van der Waals surface area contributed by atoms with E-state index in [0.29, 0.717) is 17.2 Å². The summed E-state index contributed by atoms with van der Waals surface area (Å²) in [4.78, 5) is 38.7. The van der Waals surface area contributed by atoms with Gasteiger partial charge in [0.25, 0.3) is 30.4 Å². The smallest absolute Gasteiger partial charge is 0.323 e. The number of hydrogen-bond donors (Lipinski definition) is 8. The van der Waals surface area contributed by atoms with Gasteiger partial charge in [-0.1, -0.05) is 24.3 Å². The number of hydrazone groups is 2. The second-order valence-corrected chi connectivity index (χ2v) is 22.0. The predicted octanol–water partition coefficient (Wildman–Crippen LogP) is 3.79. The normalized spacial score (nSPS) is 15.3. The SMILES string of the molecule is CN(c1ccc2c(c1)C=C(S(=O)(=O)O)/C(=N/Nc1ccc(CCOS(=O)(=O)O)cc1)C2=O)c1nc(Cl)nc(Nc2cc(S(=O)(=O)O)cc3c2C(=O)/C(=N/Nc2ccc(CCOS(=O)(=O)O)cc2)C(S(=O)(=O)O)=C3)n1. The molecule has 0 bridgehead atoms. The van der Waals surface area contributed by atoms with Crippen LogP contribution in [0.4, 0.5) is 34.6 Å². The van der Waals surface area contributed by atoms with E-state index in [1.54, 1.807) is 0 Å². The van der Waals surface area contributed by atoms with Crippen LogP contribution in [-0.4, -0.2) is 123 Å². The van der Waals surface area contributed by atoms with Crippen molar-refractivity contribution in [1.82, 2.24) is 15.0 Å². The van der Waals surface area contributed by atoms with Crippen LogP contribution in [0.3, 0.4) is 0 Å². The van der Waals surface area contributed by atoms with Crippen molar-refractivity contribution in [2.45, 2.75) is 17.7 Å². The van der Waals surface area contributed by atoms with Crippen LogP contribution in [0.5, 0.6) is 0 Å². The number of carbonyl (C=O) groups excluding carboxylic acids is 2. The lowest BCUT2D eigenvalue weighted by molar-refractivity contribution is 0.105. The minimum Gasteiger partial charge on any atom is -0.323 e. The van der Waals surface area contributed by atoms with Crippen molar-refractivity contribution >= 4 is 133 Å². The molecule has 34 heteroatoms. The molecule has 2 aliphatic carbocycles. The van der Waals surface area contributed by atoms with Gasteiger partial charge in [-0.2, -0.15) is 67.2 Å². The van der Waals surface area contributed by atoms with Crippen LogP contribution >= 0.6 is 11.6 Å². The maximum atomic E-state index is 14.2. The Balaban J connectivity index is 1.17. The van der Waals surface area contributed by atoms with Gasteiger partial charge in [0.05, 0.1) is 40.7 Å². The Morgan fingerprint density at radius 1 is 0.608 bits per heavy atom. The monoisotopic (exact) mass is 1140 g/mol. The minimum atomic E-state index is -5.29. The summed E-state index contributed by atoms with van der Waals surface area (Å²) < 4.78 is 175. The third-order valence-corrected chi connectivity index (χ3v) is 13.9. The standard InChI is InChI=1S/C40H34ClN9O19S5/c1-50(27-10-11-29-23(16-27)18-31(71(56,57)58)34(36(29)51)48-46-25-6-2-21(3-7-25)12-14-68-73(62,63)64)40-44-38(41)43-39(45-40)42-30-20-28(70(53,54)55)17-24-19-32(72(59,60)61)35(37(52)33(24)30)49-47-26-8-4-22(5-9-26)13-15-69-74(65,66)67/h2-11,16-20,46-47H,12-15H2,1H3,(H,53,54,55)(H,56,57,58)(H,59,60,61)(H,62,63,64)(H,65,66,67)(H,42,43,44,45)/b48-34-,49-35+. The zero-order chi connectivity index (χ0) is 54.1. The number of fused-ring (bicyclic) bond motifs is 2. The Labute approximate surface area is 424 Å². The van der Waals surface area contributed by atoms with Crippen molar-refractivity contribution in [2.24, 2.45) is 10.2 Å². The summed E-state index contributed by atoms with van der Waals surface area (Å²) in [5.41, 5.74) is 3.51. The van der Waals surface area contributed by atoms with Gasteiger partial charge in [-0.15, -0.1) is 0 Å². The van der Waals surface area contributed by atoms with E-state index in [1.807, 2.05) is 0 Å². The summed E-state index contributed by atoms with van der Waals surface area (Å²) in [6, 6.07) is 17.2. The number of Topliss-reactive ketones (excluding diaryl/α,β-unsaturated/α-hetero) is 2. The average molecular weight is 1140 g/mol. The van der Waals surface area contributed by atoms with E-state index in [1.165, 1.54) is 78.7 Å². The summed E-state index contributed by atoms with van der Waals surface area (Å²) in [7, 11) is -23.4. The van der Waals surface area contributed by atoms with Gasteiger partial charge >= 0.3 is 20.8 Å². The Kier molecular flexibility index (Phi) is 15.6. The van der Waals surface area contributed by atoms with E-state index >= 15 is 0 Å². The summed E-state index contributed by atoms with van der Waals surface area (Å²) in [5, 5.41) is 9.95. The van der Waals surface area contributed by atoms with Crippen LogP contribution in [0.2, 0.25) is 5.28 Å². The first-order valence-electron chi connectivity index (χ1n) is 20.2. The van der Waals surface area contributed by atoms with Crippen molar-refractivity contribution in [3.8, 4) is 0 Å². The summed E-state index contributed by atoms with van der Waals surface area (Å²) >= 11 is 6.30. The third kappa shape index (κ3) is 13.6. The zero-order valence-corrected chi connectivity index (χ0v) is 41.9. The van der Waals surface area contributed by atoms with Gasteiger partial charge in [-0.05, 0) is 113 Å². The second kappa shape index (κ2) is 21.1. The zero-order valence-electron chi connectivity index (χ0n) is 37.0. The second-order valence-electron chi connectivity index (χ2n) is 15.3. The lowest BCUT2D eigenvalue weighted by Gasteiger charge is -2.22. The largest absolute Gasteiger partial charge is 0.397 e. The Morgan fingerprint density at radius 2 is 1.11 bits per heavy atom. The average Bonchev–Trinajstić information content (AvgIpc) is 3.29. The molecule has 390 valence electrons. The molecular weight excluding hydrogens is 1110 g/mol. The number of hydrogen-bond acceptors (Lipinski definition) is 23. The van der Waals surface area contributed by atoms with E-state index in [-0.39, 0.29) is 53.6 Å². The van der Waals surface area contributed by atoms with Crippen LogP contribution in [0.15, 0.2) is 104 Å². The van der Waals surface area contributed by atoms with Crippen LogP contribution < -0.4 is 21.1 Å². The minimum absolute atomic E-state index is 0.0294. The predicted molar refractivity (Wildman–Crippen MR) is 264 cm³/mol. The number of allylic oxidation sites excluding steroid dienone is 2. The summed E-state index contributed by atoms with van der Waals surface area (Å²) in [6.45, 7) is -0.765. The van der Waals surface area contributed by atoms with Gasteiger partial charge < -0.3 is 10.2 Å². The molecule has 5 aromatic rings. The molecule has 0 atom stereocenters. The van der Waals surface area contributed by atoms with Crippen molar-refractivity contribution < 1.29 is 82.8 Å². The van der Waals surface area contributed by atoms with Crippen LogP contribution in [0, 0.1) is 0 Å². The fourth-order valence-corrected chi connectivity index (χ4v) is 9.48. The number of nitrogens with one attached hydrogen (secondary N) is 3. The van der Waals surface area contributed by atoms with E-state index < -0.39 is 124 Å².